The number of benzene rings is 1. The summed E-state index contributed by atoms with van der Waals surface area (Å²) in [7, 11) is 0. The van der Waals surface area contributed by atoms with E-state index in [-0.39, 0.29) is 0 Å². The third-order valence-electron chi connectivity index (χ3n) is 2.43. The zero-order valence-electron chi connectivity index (χ0n) is 9.54. The van der Waals surface area contributed by atoms with Crippen LogP contribution in [0.4, 0.5) is 11.5 Å². The predicted octanol–water partition coefficient (Wildman–Crippen LogP) is 4.96. The molecular weight excluding hydrogens is 381 g/mol. The van der Waals surface area contributed by atoms with Crippen LogP contribution in [0.15, 0.2) is 33.5 Å². The number of rotatable bonds is 3. The summed E-state index contributed by atoms with van der Waals surface area (Å²) in [4.78, 5) is 8.22. The van der Waals surface area contributed by atoms with E-state index in [9.17, 15) is 0 Å². The molecule has 18 heavy (non-hydrogen) atoms. The highest BCUT2D eigenvalue weighted by Crippen LogP contribution is 2.30. The summed E-state index contributed by atoms with van der Waals surface area (Å²) in [6.07, 6.45) is 2.23. The fourth-order valence-electron chi connectivity index (χ4n) is 1.53. The largest absolute Gasteiger partial charge is 0.339 e. The molecule has 0 aliphatic carbocycles. The Kier molecular flexibility index (Phi) is 4.59. The Morgan fingerprint density at radius 3 is 2.78 bits per heavy atom. The van der Waals surface area contributed by atoms with Gasteiger partial charge in [-0.2, -0.15) is 0 Å². The minimum absolute atomic E-state index is 0.487. The number of anilines is 2. The average molecular weight is 391 g/mol. The van der Waals surface area contributed by atoms with Crippen LogP contribution in [0, 0.1) is 0 Å². The van der Waals surface area contributed by atoms with Crippen LogP contribution in [0.5, 0.6) is 0 Å². The SMILES string of the molecule is CCc1c(Cl)ncnc1Nc1cc(Br)ccc1Br. The minimum Gasteiger partial charge on any atom is -0.339 e. The number of nitrogens with zero attached hydrogens (tertiary/aromatic N) is 2. The lowest BCUT2D eigenvalue weighted by atomic mass is 10.2. The van der Waals surface area contributed by atoms with Gasteiger partial charge in [-0.05, 0) is 40.5 Å². The maximum absolute atomic E-state index is 6.05. The van der Waals surface area contributed by atoms with E-state index in [0.717, 1.165) is 32.4 Å². The van der Waals surface area contributed by atoms with Crippen LogP contribution >= 0.6 is 43.5 Å². The van der Waals surface area contributed by atoms with Gasteiger partial charge in [-0.25, -0.2) is 9.97 Å². The summed E-state index contributed by atoms with van der Waals surface area (Å²) in [5, 5.41) is 3.75. The van der Waals surface area contributed by atoms with Crippen LogP contribution in [-0.2, 0) is 6.42 Å². The Balaban J connectivity index is 2.40. The van der Waals surface area contributed by atoms with Gasteiger partial charge < -0.3 is 5.32 Å². The van der Waals surface area contributed by atoms with E-state index in [4.69, 9.17) is 11.6 Å². The van der Waals surface area contributed by atoms with Gasteiger partial charge >= 0.3 is 0 Å². The number of halogens is 3. The molecule has 1 aromatic heterocycles. The molecule has 2 aromatic rings. The van der Waals surface area contributed by atoms with Crippen LogP contribution in [0.25, 0.3) is 0 Å². The van der Waals surface area contributed by atoms with Crippen LogP contribution in [-0.4, -0.2) is 9.97 Å². The van der Waals surface area contributed by atoms with E-state index in [0.29, 0.717) is 5.15 Å². The summed E-state index contributed by atoms with van der Waals surface area (Å²) in [6, 6.07) is 5.89. The first kappa shape index (κ1) is 13.8. The molecule has 0 aliphatic heterocycles. The van der Waals surface area contributed by atoms with Crippen LogP contribution < -0.4 is 5.32 Å². The molecule has 0 bridgehead atoms. The molecule has 0 spiro atoms. The number of nitrogens with one attached hydrogen (secondary N) is 1. The predicted molar refractivity (Wildman–Crippen MR) is 81.5 cm³/mol. The molecule has 0 aliphatic rings. The molecule has 1 heterocycles. The summed E-state index contributed by atoms with van der Waals surface area (Å²) < 4.78 is 1.95. The fraction of sp³-hybridized carbons (Fsp3) is 0.167. The fourth-order valence-corrected chi connectivity index (χ4v) is 2.51. The van der Waals surface area contributed by atoms with Crippen molar-refractivity contribution in [1.29, 1.82) is 0 Å². The van der Waals surface area contributed by atoms with Gasteiger partial charge in [-0.1, -0.05) is 34.5 Å². The molecule has 0 fully saturated rings. The molecule has 1 aromatic carbocycles. The van der Waals surface area contributed by atoms with Crippen LogP contribution in [0.1, 0.15) is 12.5 Å². The summed E-state index contributed by atoms with van der Waals surface area (Å²) in [6.45, 7) is 2.02. The number of hydrogen-bond acceptors (Lipinski definition) is 3. The quantitative estimate of drug-likeness (QED) is 0.752. The van der Waals surface area contributed by atoms with Crippen molar-refractivity contribution < 1.29 is 0 Å². The van der Waals surface area contributed by atoms with Crippen molar-refractivity contribution in [3.8, 4) is 0 Å². The maximum atomic E-state index is 6.05. The first-order valence-corrected chi connectivity index (χ1v) is 7.29. The zero-order chi connectivity index (χ0) is 13.1. The van der Waals surface area contributed by atoms with Gasteiger partial charge in [0.05, 0.1) is 5.69 Å². The van der Waals surface area contributed by atoms with Crippen molar-refractivity contribution in [3.63, 3.8) is 0 Å². The zero-order valence-corrected chi connectivity index (χ0v) is 13.5. The molecule has 0 amide bonds. The molecule has 0 saturated heterocycles. The Labute approximate surface area is 127 Å². The maximum Gasteiger partial charge on any atom is 0.138 e. The molecule has 0 radical (unpaired) electrons. The highest BCUT2D eigenvalue weighted by molar-refractivity contribution is 9.11. The van der Waals surface area contributed by atoms with Crippen molar-refractivity contribution in [2.24, 2.45) is 0 Å². The first-order chi connectivity index (χ1) is 8.61. The van der Waals surface area contributed by atoms with Gasteiger partial charge in [0.1, 0.15) is 17.3 Å². The second kappa shape index (κ2) is 5.99. The highest BCUT2D eigenvalue weighted by atomic mass is 79.9. The first-order valence-electron chi connectivity index (χ1n) is 5.33. The number of hydrogen-bond donors (Lipinski definition) is 1. The molecule has 0 saturated carbocycles. The van der Waals surface area contributed by atoms with Gasteiger partial charge in [0.15, 0.2) is 0 Å². The summed E-state index contributed by atoms with van der Waals surface area (Å²) in [5.74, 6) is 0.733. The Morgan fingerprint density at radius 1 is 1.28 bits per heavy atom. The average Bonchev–Trinajstić information content (AvgIpc) is 2.34. The van der Waals surface area contributed by atoms with Crippen molar-refractivity contribution in [2.45, 2.75) is 13.3 Å². The van der Waals surface area contributed by atoms with Gasteiger partial charge in [0.2, 0.25) is 0 Å². The Hall–Kier alpha value is -0.650. The molecule has 94 valence electrons. The van der Waals surface area contributed by atoms with E-state index >= 15 is 0 Å². The van der Waals surface area contributed by atoms with E-state index in [1.54, 1.807) is 0 Å². The van der Waals surface area contributed by atoms with Crippen LogP contribution in [0.2, 0.25) is 5.15 Å². The molecule has 2 rings (SSSR count). The number of aromatic nitrogens is 2. The normalized spacial score (nSPS) is 10.4. The standard InChI is InChI=1S/C12H10Br2ClN3/c1-2-8-11(15)16-6-17-12(8)18-10-5-7(13)3-4-9(10)14/h3-6H,2H2,1H3,(H,16,17,18). The van der Waals surface area contributed by atoms with Crippen molar-refractivity contribution in [1.82, 2.24) is 9.97 Å². The van der Waals surface area contributed by atoms with E-state index in [1.165, 1.54) is 6.33 Å². The van der Waals surface area contributed by atoms with Crippen molar-refractivity contribution >= 4 is 55.0 Å². The topological polar surface area (TPSA) is 37.8 Å². The molecule has 6 heteroatoms. The summed E-state index contributed by atoms with van der Waals surface area (Å²) >= 11 is 13.0. The lowest BCUT2D eigenvalue weighted by Crippen LogP contribution is -2.01. The molecule has 3 nitrogen and oxygen atoms in total. The van der Waals surface area contributed by atoms with Crippen molar-refractivity contribution in [2.75, 3.05) is 5.32 Å². The van der Waals surface area contributed by atoms with Gasteiger partial charge in [-0.3, -0.25) is 0 Å². The Bertz CT molecular complexity index is 575. The molecule has 0 atom stereocenters. The third kappa shape index (κ3) is 3.02. The monoisotopic (exact) mass is 389 g/mol. The lowest BCUT2D eigenvalue weighted by molar-refractivity contribution is 1.05. The van der Waals surface area contributed by atoms with E-state index < -0.39 is 0 Å². The summed E-state index contributed by atoms with van der Waals surface area (Å²) in [5.41, 5.74) is 1.83. The molecular formula is C12H10Br2ClN3. The second-order valence-electron chi connectivity index (χ2n) is 3.59. The van der Waals surface area contributed by atoms with Crippen molar-refractivity contribution in [3.05, 3.63) is 44.2 Å². The molecule has 1 N–H and O–H groups in total. The highest BCUT2D eigenvalue weighted by Gasteiger charge is 2.09. The van der Waals surface area contributed by atoms with E-state index in [2.05, 4.69) is 47.1 Å². The van der Waals surface area contributed by atoms with E-state index in [1.807, 2.05) is 25.1 Å². The Morgan fingerprint density at radius 2 is 2.06 bits per heavy atom. The lowest BCUT2D eigenvalue weighted by Gasteiger charge is -2.12. The van der Waals surface area contributed by atoms with Crippen LogP contribution in [0.3, 0.4) is 0 Å². The van der Waals surface area contributed by atoms with Gasteiger partial charge in [0, 0.05) is 14.5 Å². The van der Waals surface area contributed by atoms with Gasteiger partial charge in [0.25, 0.3) is 0 Å². The second-order valence-corrected chi connectivity index (χ2v) is 5.72. The molecule has 0 unspecified atom stereocenters. The smallest absolute Gasteiger partial charge is 0.138 e. The van der Waals surface area contributed by atoms with Gasteiger partial charge in [-0.15, -0.1) is 0 Å². The third-order valence-corrected chi connectivity index (χ3v) is 3.94. The minimum atomic E-state index is 0.487.